The first kappa shape index (κ1) is 19.9. The molecule has 9 heteroatoms. The maximum Gasteiger partial charge on any atom is 0.416 e. The number of hydrogen-bond acceptors (Lipinski definition) is 4. The van der Waals surface area contributed by atoms with E-state index in [1.165, 1.54) is 10.4 Å². The smallest absolute Gasteiger partial charge is 0.416 e. The highest BCUT2D eigenvalue weighted by atomic mass is 32.2. The van der Waals surface area contributed by atoms with Crippen molar-refractivity contribution in [2.75, 3.05) is 12.3 Å². The predicted octanol–water partition coefficient (Wildman–Crippen LogP) is 5.00. The minimum atomic E-state index is -4.42. The summed E-state index contributed by atoms with van der Waals surface area (Å²) in [5, 5.41) is 0. The quantitative estimate of drug-likeness (QED) is 0.591. The van der Waals surface area contributed by atoms with Crippen molar-refractivity contribution in [3.8, 4) is 11.1 Å². The Hall–Kier alpha value is -2.39. The van der Waals surface area contributed by atoms with E-state index in [1.807, 2.05) is 0 Å². The first-order valence-electron chi connectivity index (χ1n) is 9.26. The van der Waals surface area contributed by atoms with Gasteiger partial charge in [0.2, 0.25) is 15.9 Å². The summed E-state index contributed by atoms with van der Waals surface area (Å²) in [6, 6.07) is 9.60. The Morgan fingerprint density at radius 2 is 1.93 bits per heavy atom. The van der Waals surface area contributed by atoms with Crippen LogP contribution in [0.4, 0.5) is 13.2 Å². The van der Waals surface area contributed by atoms with Crippen molar-refractivity contribution < 1.29 is 26.0 Å². The zero-order chi connectivity index (χ0) is 20.8. The number of aromatic nitrogens is 1. The average Bonchev–Trinajstić information content (AvgIpc) is 3.33. The van der Waals surface area contributed by atoms with Crippen molar-refractivity contribution in [1.29, 1.82) is 0 Å². The molecule has 0 saturated carbocycles. The Morgan fingerprint density at radius 1 is 1.17 bits per heavy atom. The second kappa shape index (κ2) is 7.14. The van der Waals surface area contributed by atoms with Gasteiger partial charge in [0.15, 0.2) is 5.58 Å². The Balaban J connectivity index is 1.70. The molecule has 29 heavy (non-hydrogen) atoms. The molecule has 4 rings (SSSR count). The maximum absolute atomic E-state index is 13.0. The molecule has 3 aromatic rings. The fourth-order valence-electron chi connectivity index (χ4n) is 3.63. The van der Waals surface area contributed by atoms with E-state index in [1.54, 1.807) is 31.2 Å². The molecule has 5 nitrogen and oxygen atoms in total. The van der Waals surface area contributed by atoms with Crippen LogP contribution in [0.1, 0.15) is 37.3 Å². The lowest BCUT2D eigenvalue weighted by atomic mass is 10.0. The lowest BCUT2D eigenvalue weighted by Crippen LogP contribution is -2.32. The van der Waals surface area contributed by atoms with Crippen LogP contribution in [0.3, 0.4) is 0 Å². The Bertz CT molecular complexity index is 1160. The van der Waals surface area contributed by atoms with Crippen LogP contribution in [0.25, 0.3) is 22.2 Å². The van der Waals surface area contributed by atoms with Gasteiger partial charge in [-0.1, -0.05) is 18.2 Å². The number of benzene rings is 2. The van der Waals surface area contributed by atoms with Gasteiger partial charge in [-0.15, -0.1) is 0 Å². The molecule has 1 atom stereocenters. The molecule has 2 aromatic carbocycles. The first-order chi connectivity index (χ1) is 13.7. The summed E-state index contributed by atoms with van der Waals surface area (Å²) in [4.78, 5) is 4.46. The van der Waals surface area contributed by atoms with Gasteiger partial charge in [0.25, 0.3) is 0 Å². The van der Waals surface area contributed by atoms with Gasteiger partial charge in [0, 0.05) is 6.54 Å². The van der Waals surface area contributed by atoms with Crippen LogP contribution in [0, 0.1) is 0 Å². The number of fused-ring (bicyclic) bond motifs is 1. The van der Waals surface area contributed by atoms with Crippen LogP contribution in [0.5, 0.6) is 0 Å². The average molecular weight is 424 g/mol. The number of nitrogens with zero attached hydrogens (tertiary/aromatic N) is 2. The molecular formula is C20H19F3N2O3S. The van der Waals surface area contributed by atoms with Crippen molar-refractivity contribution in [1.82, 2.24) is 9.29 Å². The van der Waals surface area contributed by atoms with Gasteiger partial charge in [-0.05, 0) is 55.2 Å². The van der Waals surface area contributed by atoms with E-state index in [-0.39, 0.29) is 5.75 Å². The normalized spacial score (nSPS) is 18.6. The molecule has 0 aliphatic carbocycles. The number of rotatable bonds is 4. The molecule has 1 aliphatic heterocycles. The van der Waals surface area contributed by atoms with Crippen LogP contribution in [0.2, 0.25) is 0 Å². The molecule has 1 fully saturated rings. The Morgan fingerprint density at radius 3 is 2.66 bits per heavy atom. The molecule has 1 unspecified atom stereocenters. The third-order valence-corrected chi connectivity index (χ3v) is 7.02. The van der Waals surface area contributed by atoms with Gasteiger partial charge < -0.3 is 4.42 Å². The molecule has 0 amide bonds. The fraction of sp³-hybridized carbons (Fsp3) is 0.350. The molecule has 154 valence electrons. The second-order valence-electron chi connectivity index (χ2n) is 6.98. The van der Waals surface area contributed by atoms with Gasteiger partial charge in [-0.3, -0.25) is 0 Å². The van der Waals surface area contributed by atoms with E-state index in [0.29, 0.717) is 41.1 Å². The predicted molar refractivity (Wildman–Crippen MR) is 103 cm³/mol. The van der Waals surface area contributed by atoms with Crippen molar-refractivity contribution in [2.24, 2.45) is 0 Å². The first-order valence-corrected chi connectivity index (χ1v) is 10.9. The second-order valence-corrected chi connectivity index (χ2v) is 9.19. The van der Waals surface area contributed by atoms with Gasteiger partial charge in [0.1, 0.15) is 11.6 Å². The van der Waals surface area contributed by atoms with Gasteiger partial charge in [-0.2, -0.15) is 17.5 Å². The van der Waals surface area contributed by atoms with Crippen molar-refractivity contribution in [3.63, 3.8) is 0 Å². The summed E-state index contributed by atoms with van der Waals surface area (Å²) in [5.74, 6) is 0.319. The molecule has 1 aliphatic rings. The summed E-state index contributed by atoms with van der Waals surface area (Å²) in [7, 11) is -3.38. The Kier molecular flexibility index (Phi) is 4.90. The molecule has 1 aromatic heterocycles. The van der Waals surface area contributed by atoms with E-state index < -0.39 is 27.8 Å². The summed E-state index contributed by atoms with van der Waals surface area (Å²) in [6.07, 6.45) is -3.08. The van der Waals surface area contributed by atoms with Gasteiger partial charge >= 0.3 is 6.18 Å². The SMILES string of the molecule is CCS(=O)(=O)N1CCCC1c1nc2cc(-c3cccc(C(F)(F)F)c3)ccc2o1. The highest BCUT2D eigenvalue weighted by Crippen LogP contribution is 2.37. The van der Waals surface area contributed by atoms with E-state index in [4.69, 9.17) is 4.42 Å². The Labute approximate surface area is 166 Å². The largest absolute Gasteiger partial charge is 0.439 e. The topological polar surface area (TPSA) is 63.4 Å². The van der Waals surface area contributed by atoms with Crippen LogP contribution in [-0.4, -0.2) is 30.0 Å². The third kappa shape index (κ3) is 3.76. The van der Waals surface area contributed by atoms with E-state index in [9.17, 15) is 21.6 Å². The zero-order valence-corrected chi connectivity index (χ0v) is 16.4. The zero-order valence-electron chi connectivity index (χ0n) is 15.6. The molecule has 0 bridgehead atoms. The standard InChI is InChI=1S/C20H19F3N2O3S/c1-2-29(26,27)25-10-4-7-17(25)19-24-16-12-14(8-9-18(16)28-19)13-5-3-6-15(11-13)20(21,22)23/h3,5-6,8-9,11-12,17H,2,4,7,10H2,1H3. The van der Waals surface area contributed by atoms with Crippen molar-refractivity contribution in [2.45, 2.75) is 32.0 Å². The van der Waals surface area contributed by atoms with Crippen LogP contribution >= 0.6 is 0 Å². The lowest BCUT2D eigenvalue weighted by molar-refractivity contribution is -0.137. The van der Waals surface area contributed by atoms with E-state index in [2.05, 4.69) is 4.98 Å². The summed E-state index contributed by atoms with van der Waals surface area (Å²) in [5.41, 5.74) is 1.23. The van der Waals surface area contributed by atoms with Crippen molar-refractivity contribution in [3.05, 3.63) is 53.9 Å². The highest BCUT2D eigenvalue weighted by molar-refractivity contribution is 7.89. The van der Waals surface area contributed by atoms with E-state index >= 15 is 0 Å². The summed E-state index contributed by atoms with van der Waals surface area (Å²) in [6.45, 7) is 2.02. The summed E-state index contributed by atoms with van der Waals surface area (Å²) >= 11 is 0. The number of sulfonamides is 1. The number of halogens is 3. The molecular weight excluding hydrogens is 405 g/mol. The van der Waals surface area contributed by atoms with Crippen molar-refractivity contribution >= 4 is 21.1 Å². The highest BCUT2D eigenvalue weighted by Gasteiger charge is 2.37. The fourth-order valence-corrected chi connectivity index (χ4v) is 4.95. The summed E-state index contributed by atoms with van der Waals surface area (Å²) < 4.78 is 70.8. The van der Waals surface area contributed by atoms with Gasteiger partial charge in [0.05, 0.1) is 11.3 Å². The van der Waals surface area contributed by atoms with Crippen LogP contribution in [-0.2, 0) is 16.2 Å². The number of alkyl halides is 3. The maximum atomic E-state index is 13.0. The van der Waals surface area contributed by atoms with E-state index in [0.717, 1.165) is 18.6 Å². The lowest BCUT2D eigenvalue weighted by Gasteiger charge is -2.20. The minimum absolute atomic E-state index is 0.00340. The van der Waals surface area contributed by atoms with Crippen LogP contribution < -0.4 is 0 Å². The molecule has 1 saturated heterocycles. The molecule has 2 heterocycles. The number of oxazole rings is 1. The number of hydrogen-bond donors (Lipinski definition) is 0. The third-order valence-electron chi connectivity index (χ3n) is 5.14. The molecule has 0 N–H and O–H groups in total. The molecule has 0 spiro atoms. The van der Waals surface area contributed by atoms with Gasteiger partial charge in [-0.25, -0.2) is 13.4 Å². The minimum Gasteiger partial charge on any atom is -0.439 e. The van der Waals surface area contributed by atoms with Crippen LogP contribution in [0.15, 0.2) is 46.9 Å². The monoisotopic (exact) mass is 424 g/mol. The molecule has 0 radical (unpaired) electrons.